The first-order valence-electron chi connectivity index (χ1n) is 7.72. The van der Waals surface area contributed by atoms with Crippen molar-refractivity contribution in [3.8, 4) is 0 Å². The molecule has 5 nitrogen and oxygen atoms in total. The molecule has 0 aliphatic carbocycles. The predicted octanol–water partition coefficient (Wildman–Crippen LogP) is 2.67. The Morgan fingerprint density at radius 2 is 2.14 bits per heavy atom. The topological polar surface area (TPSA) is 42.3 Å². The number of ether oxygens (including phenoxy) is 1. The molecule has 1 aromatic heterocycles. The highest BCUT2D eigenvalue weighted by Crippen LogP contribution is 2.27. The number of aromatic nitrogens is 2. The van der Waals surface area contributed by atoms with Crippen LogP contribution >= 0.6 is 15.9 Å². The molecule has 0 bridgehead atoms. The van der Waals surface area contributed by atoms with Crippen molar-refractivity contribution >= 4 is 15.9 Å². The third-order valence-electron chi connectivity index (χ3n) is 3.40. The van der Waals surface area contributed by atoms with E-state index < -0.39 is 0 Å². The van der Waals surface area contributed by atoms with Crippen LogP contribution in [0.1, 0.15) is 38.9 Å². The van der Waals surface area contributed by atoms with E-state index in [4.69, 9.17) is 4.74 Å². The van der Waals surface area contributed by atoms with Gasteiger partial charge in [0, 0.05) is 13.2 Å². The second-order valence-corrected chi connectivity index (χ2v) is 6.35. The third kappa shape index (κ3) is 5.70. The van der Waals surface area contributed by atoms with Gasteiger partial charge in [-0.2, -0.15) is 5.10 Å². The Bertz CT molecular complexity index is 408. The quantitative estimate of drug-likeness (QED) is 0.696. The number of hydrogen-bond donors (Lipinski definition) is 1. The predicted molar refractivity (Wildman–Crippen MR) is 90.6 cm³/mol. The van der Waals surface area contributed by atoms with Gasteiger partial charge in [-0.25, -0.2) is 0 Å². The smallest absolute Gasteiger partial charge is 0.0767 e. The molecule has 6 heteroatoms. The van der Waals surface area contributed by atoms with Crippen LogP contribution in [0.25, 0.3) is 0 Å². The van der Waals surface area contributed by atoms with Crippen LogP contribution < -0.4 is 5.32 Å². The lowest BCUT2D eigenvalue weighted by Gasteiger charge is -2.26. The van der Waals surface area contributed by atoms with E-state index in [0.717, 1.165) is 37.1 Å². The number of likely N-dealkylation sites (N-methyl/N-ethyl adjacent to an activating group) is 1. The van der Waals surface area contributed by atoms with Crippen LogP contribution in [0.4, 0.5) is 0 Å². The monoisotopic (exact) mass is 360 g/mol. The van der Waals surface area contributed by atoms with Gasteiger partial charge in [0.25, 0.3) is 0 Å². The lowest BCUT2D eigenvalue weighted by Crippen LogP contribution is -2.35. The van der Waals surface area contributed by atoms with Gasteiger partial charge in [0.15, 0.2) is 0 Å². The number of nitrogens with one attached hydrogen (secondary N) is 1. The van der Waals surface area contributed by atoms with E-state index in [1.54, 1.807) is 0 Å². The van der Waals surface area contributed by atoms with Gasteiger partial charge in [0.2, 0.25) is 0 Å². The SMILES string of the molecule is CCCNC(c1c(Br)cnn1CCN(C)C)C(C)OCC. The fraction of sp³-hybridized carbons (Fsp3) is 0.800. The van der Waals surface area contributed by atoms with Crippen molar-refractivity contribution in [2.24, 2.45) is 0 Å². The van der Waals surface area contributed by atoms with Crippen molar-refractivity contribution in [1.29, 1.82) is 0 Å². The summed E-state index contributed by atoms with van der Waals surface area (Å²) in [4.78, 5) is 2.17. The van der Waals surface area contributed by atoms with Gasteiger partial charge in [0.05, 0.1) is 35.1 Å². The molecular formula is C15H29BrN4O. The molecule has 0 amide bonds. The molecule has 1 N–H and O–H groups in total. The van der Waals surface area contributed by atoms with Gasteiger partial charge in [-0.05, 0) is 56.8 Å². The van der Waals surface area contributed by atoms with E-state index in [-0.39, 0.29) is 12.1 Å². The average Bonchev–Trinajstić information content (AvgIpc) is 2.79. The fourth-order valence-electron chi connectivity index (χ4n) is 2.30. The highest BCUT2D eigenvalue weighted by Gasteiger charge is 2.25. The number of nitrogens with zero attached hydrogens (tertiary/aromatic N) is 3. The zero-order chi connectivity index (χ0) is 15.8. The Morgan fingerprint density at radius 1 is 1.43 bits per heavy atom. The standard InChI is InChI=1S/C15H29BrN4O/c1-6-8-17-14(12(3)21-7-2)15-13(16)11-18-20(15)10-9-19(4)5/h11-12,14,17H,6-10H2,1-5H3. The van der Waals surface area contributed by atoms with E-state index in [1.165, 1.54) is 5.69 Å². The average molecular weight is 361 g/mol. The Balaban J connectivity index is 2.96. The summed E-state index contributed by atoms with van der Waals surface area (Å²) in [5, 5.41) is 8.10. The normalized spacial score (nSPS) is 14.6. The molecule has 0 fully saturated rings. The van der Waals surface area contributed by atoms with Crippen molar-refractivity contribution in [3.05, 3.63) is 16.4 Å². The minimum Gasteiger partial charge on any atom is -0.377 e. The number of hydrogen-bond acceptors (Lipinski definition) is 4. The molecule has 1 rings (SSSR count). The molecule has 0 aromatic carbocycles. The summed E-state index contributed by atoms with van der Waals surface area (Å²) in [5.74, 6) is 0. The molecule has 0 aliphatic heterocycles. The van der Waals surface area contributed by atoms with Crippen molar-refractivity contribution in [2.45, 2.75) is 45.9 Å². The molecule has 21 heavy (non-hydrogen) atoms. The lowest BCUT2D eigenvalue weighted by atomic mass is 10.1. The van der Waals surface area contributed by atoms with E-state index in [1.807, 2.05) is 13.1 Å². The highest BCUT2D eigenvalue weighted by molar-refractivity contribution is 9.10. The minimum atomic E-state index is 0.104. The third-order valence-corrected chi connectivity index (χ3v) is 4.01. The maximum atomic E-state index is 5.83. The second kappa shape index (κ2) is 9.56. The molecule has 2 unspecified atom stereocenters. The molecule has 1 heterocycles. The molecule has 2 atom stereocenters. The van der Waals surface area contributed by atoms with Gasteiger partial charge in [-0.1, -0.05) is 6.92 Å². The zero-order valence-electron chi connectivity index (χ0n) is 13.9. The molecule has 0 saturated carbocycles. The highest BCUT2D eigenvalue weighted by atomic mass is 79.9. The first kappa shape index (κ1) is 18.6. The van der Waals surface area contributed by atoms with Gasteiger partial charge < -0.3 is 15.0 Å². The molecule has 0 aliphatic rings. The summed E-state index contributed by atoms with van der Waals surface area (Å²) in [6.45, 7) is 9.84. The van der Waals surface area contributed by atoms with Crippen molar-refractivity contribution < 1.29 is 4.74 Å². The van der Waals surface area contributed by atoms with Gasteiger partial charge in [-0.15, -0.1) is 0 Å². The largest absolute Gasteiger partial charge is 0.377 e. The molecule has 1 aromatic rings. The van der Waals surface area contributed by atoms with Crippen LogP contribution in [0.15, 0.2) is 10.7 Å². The van der Waals surface area contributed by atoms with Crippen molar-refractivity contribution in [1.82, 2.24) is 20.0 Å². The van der Waals surface area contributed by atoms with Crippen LogP contribution in [0, 0.1) is 0 Å². The van der Waals surface area contributed by atoms with Crippen LogP contribution in [-0.4, -0.2) is 54.6 Å². The molecule has 122 valence electrons. The van der Waals surface area contributed by atoms with E-state index >= 15 is 0 Å². The van der Waals surface area contributed by atoms with Gasteiger partial charge in [0.1, 0.15) is 0 Å². The van der Waals surface area contributed by atoms with Gasteiger partial charge >= 0.3 is 0 Å². The summed E-state index contributed by atoms with van der Waals surface area (Å²) in [6.07, 6.45) is 3.08. The van der Waals surface area contributed by atoms with Crippen LogP contribution in [0.2, 0.25) is 0 Å². The number of rotatable bonds is 10. The zero-order valence-corrected chi connectivity index (χ0v) is 15.5. The Kier molecular flexibility index (Phi) is 8.48. The molecule has 0 spiro atoms. The van der Waals surface area contributed by atoms with E-state index in [9.17, 15) is 0 Å². The summed E-state index contributed by atoms with van der Waals surface area (Å²) < 4.78 is 8.94. The number of halogens is 1. The first-order valence-corrected chi connectivity index (χ1v) is 8.51. The second-order valence-electron chi connectivity index (χ2n) is 5.50. The Morgan fingerprint density at radius 3 is 2.71 bits per heavy atom. The molecule has 0 radical (unpaired) electrons. The fourth-order valence-corrected chi connectivity index (χ4v) is 2.84. The molecule has 0 saturated heterocycles. The maximum absolute atomic E-state index is 5.83. The van der Waals surface area contributed by atoms with Crippen LogP contribution in [0.5, 0.6) is 0 Å². The van der Waals surface area contributed by atoms with Crippen molar-refractivity contribution in [3.63, 3.8) is 0 Å². The molecular weight excluding hydrogens is 332 g/mol. The maximum Gasteiger partial charge on any atom is 0.0767 e. The van der Waals surface area contributed by atoms with E-state index in [2.05, 4.69) is 63.9 Å². The summed E-state index contributed by atoms with van der Waals surface area (Å²) in [7, 11) is 4.15. The van der Waals surface area contributed by atoms with Gasteiger partial charge in [-0.3, -0.25) is 4.68 Å². The Hall–Kier alpha value is -0.430. The Labute approximate surface area is 137 Å². The minimum absolute atomic E-state index is 0.104. The summed E-state index contributed by atoms with van der Waals surface area (Å²) in [6, 6.07) is 0.143. The lowest BCUT2D eigenvalue weighted by molar-refractivity contribution is 0.0445. The van der Waals surface area contributed by atoms with Crippen molar-refractivity contribution in [2.75, 3.05) is 33.8 Å². The van der Waals surface area contributed by atoms with Crippen LogP contribution in [-0.2, 0) is 11.3 Å². The van der Waals surface area contributed by atoms with Crippen LogP contribution in [0.3, 0.4) is 0 Å². The van der Waals surface area contributed by atoms with E-state index in [0.29, 0.717) is 0 Å². The summed E-state index contributed by atoms with van der Waals surface area (Å²) >= 11 is 3.64. The first-order chi connectivity index (χ1) is 10.0. The summed E-state index contributed by atoms with van der Waals surface area (Å²) in [5.41, 5.74) is 1.17.